The van der Waals surface area contributed by atoms with Gasteiger partial charge in [0.25, 0.3) is 5.91 Å². The topological polar surface area (TPSA) is 111 Å². The molecule has 3 aromatic carbocycles. The highest BCUT2D eigenvalue weighted by Crippen LogP contribution is 2.41. The number of amides is 3. The molecule has 2 atom stereocenters. The van der Waals surface area contributed by atoms with E-state index in [1.807, 2.05) is 42.5 Å². The Morgan fingerprint density at radius 1 is 0.898 bits per heavy atom. The molecule has 6 rings (SSSR count). The number of benzene rings is 3. The van der Waals surface area contributed by atoms with E-state index in [0.717, 1.165) is 35.6 Å². The minimum atomic E-state index is -1.38. The average molecular weight is 698 g/mol. The molecule has 2 fully saturated rings. The number of piperazine rings is 1. The van der Waals surface area contributed by atoms with Crippen molar-refractivity contribution in [2.24, 2.45) is 0 Å². The quantitative estimate of drug-likeness (QED) is 0.167. The van der Waals surface area contributed by atoms with Gasteiger partial charge in [0.2, 0.25) is 5.82 Å². The number of hydrogen-bond acceptors (Lipinski definition) is 4. The maximum Gasteiger partial charge on any atom is 0.408 e. The first kappa shape index (κ1) is 34.2. The molecule has 0 unspecified atom stereocenters. The summed E-state index contributed by atoms with van der Waals surface area (Å²) < 4.78 is 46.5. The Morgan fingerprint density at radius 3 is 2.29 bits per heavy atom. The zero-order chi connectivity index (χ0) is 34.8. The first-order chi connectivity index (χ1) is 23.5. The number of ether oxygens (including phenoxy) is 1. The van der Waals surface area contributed by atoms with Gasteiger partial charge in [-0.15, -0.1) is 0 Å². The van der Waals surface area contributed by atoms with Crippen LogP contribution in [0.1, 0.15) is 42.4 Å². The number of carbonyl (C=O) groups excluding carboxylic acids is 1. The van der Waals surface area contributed by atoms with Crippen LogP contribution in [-0.2, 0) is 17.6 Å². The van der Waals surface area contributed by atoms with E-state index in [2.05, 4.69) is 0 Å². The third-order valence-corrected chi connectivity index (χ3v) is 9.73. The fourth-order valence-electron chi connectivity index (χ4n) is 6.80. The molecule has 3 amide bonds. The van der Waals surface area contributed by atoms with Gasteiger partial charge in [0.15, 0.2) is 17.4 Å². The zero-order valence-electron chi connectivity index (χ0n) is 26.5. The van der Waals surface area contributed by atoms with E-state index in [1.54, 1.807) is 11.0 Å². The Bertz CT molecular complexity index is 1780. The highest BCUT2D eigenvalue weighted by molar-refractivity contribution is 6.31. The summed E-state index contributed by atoms with van der Waals surface area (Å²) in [6.07, 6.45) is 0.736. The smallest absolute Gasteiger partial charge is 0.408 e. The largest absolute Gasteiger partial charge is 0.488 e. The van der Waals surface area contributed by atoms with Crippen LogP contribution in [0.25, 0.3) is 5.57 Å². The van der Waals surface area contributed by atoms with Gasteiger partial charge in [-0.25, -0.2) is 18.4 Å². The number of nitrogens with zero attached hydrogens (tertiary/aromatic N) is 3. The third-order valence-electron chi connectivity index (χ3n) is 9.36. The normalized spacial score (nSPS) is 18.8. The molecule has 2 N–H and O–H groups in total. The van der Waals surface area contributed by atoms with E-state index >= 15 is 0 Å². The molecule has 0 aromatic heterocycles. The lowest BCUT2D eigenvalue weighted by atomic mass is 9.81. The van der Waals surface area contributed by atoms with Crippen molar-refractivity contribution in [3.8, 4) is 5.75 Å². The predicted octanol–water partition coefficient (Wildman–Crippen LogP) is 6.87. The minimum Gasteiger partial charge on any atom is -0.488 e. The number of halogens is 4. The van der Waals surface area contributed by atoms with Gasteiger partial charge in [-0.2, -0.15) is 4.39 Å². The van der Waals surface area contributed by atoms with Gasteiger partial charge in [0.05, 0.1) is 18.7 Å². The molecule has 9 nitrogen and oxygen atoms in total. The molecule has 1 aliphatic carbocycles. The van der Waals surface area contributed by atoms with Gasteiger partial charge in [0.1, 0.15) is 0 Å². The second-order valence-corrected chi connectivity index (χ2v) is 12.9. The molecule has 1 saturated heterocycles. The van der Waals surface area contributed by atoms with Crippen LogP contribution >= 0.6 is 11.6 Å². The van der Waals surface area contributed by atoms with Gasteiger partial charge < -0.3 is 24.7 Å². The molecular weight excluding hydrogens is 663 g/mol. The first-order valence-electron chi connectivity index (χ1n) is 16.2. The average Bonchev–Trinajstić information content (AvgIpc) is 3.92. The van der Waals surface area contributed by atoms with Crippen molar-refractivity contribution < 1.29 is 42.5 Å². The van der Waals surface area contributed by atoms with Crippen LogP contribution in [0.3, 0.4) is 0 Å². The molecule has 49 heavy (non-hydrogen) atoms. The Labute approximate surface area is 286 Å². The summed E-state index contributed by atoms with van der Waals surface area (Å²) in [6.45, 7) is 0.117. The summed E-state index contributed by atoms with van der Waals surface area (Å²) in [6, 6.07) is 14.6. The van der Waals surface area contributed by atoms with Crippen molar-refractivity contribution >= 4 is 35.3 Å². The van der Waals surface area contributed by atoms with Crippen LogP contribution in [0, 0.1) is 17.5 Å². The van der Waals surface area contributed by atoms with Crippen LogP contribution in [0.4, 0.5) is 22.8 Å². The lowest BCUT2D eigenvalue weighted by Crippen LogP contribution is -2.65. The Balaban J connectivity index is 1.27. The van der Waals surface area contributed by atoms with Crippen molar-refractivity contribution in [3.63, 3.8) is 0 Å². The van der Waals surface area contributed by atoms with Gasteiger partial charge in [-0.3, -0.25) is 9.69 Å². The summed E-state index contributed by atoms with van der Waals surface area (Å²) >= 11 is 6.41. The van der Waals surface area contributed by atoms with E-state index in [1.165, 1.54) is 9.80 Å². The van der Waals surface area contributed by atoms with E-state index in [0.29, 0.717) is 42.5 Å². The van der Waals surface area contributed by atoms with Gasteiger partial charge in [-0.1, -0.05) is 54.1 Å². The Kier molecular flexibility index (Phi) is 10.0. The van der Waals surface area contributed by atoms with E-state index < -0.39 is 47.5 Å². The molecule has 3 aliphatic rings. The summed E-state index contributed by atoms with van der Waals surface area (Å²) in [5.74, 6) is -4.64. The minimum absolute atomic E-state index is 0.0159. The van der Waals surface area contributed by atoms with Crippen LogP contribution in [0.2, 0.25) is 5.02 Å². The molecule has 3 aromatic rings. The molecule has 2 aliphatic heterocycles. The van der Waals surface area contributed by atoms with E-state index in [-0.39, 0.29) is 43.6 Å². The van der Waals surface area contributed by atoms with Crippen molar-refractivity contribution in [1.29, 1.82) is 0 Å². The Hall–Kier alpha value is -4.71. The summed E-state index contributed by atoms with van der Waals surface area (Å²) in [4.78, 5) is 43.4. The lowest BCUT2D eigenvalue weighted by molar-refractivity contribution is -0.128. The van der Waals surface area contributed by atoms with Gasteiger partial charge in [-0.05, 0) is 79.0 Å². The standard InChI is InChI=1S/C36H35ClF3N3O6/c37-27-6-2-1-5-23(27)15-16-42(24-11-12-24)34(44)31-26(18-25-19-41(35(45)46)20-30(31)43(25)36(47)48)22-9-7-21(8-10-22)4-3-17-49-33-29(39)14-13-28(38)32(33)40/h1-2,5-10,13-14,24-25,30H,3-4,11-12,15-20H2,(H,45,46)(H,47,48)/t25-,30-/m1/s1. The fraction of sp³-hybridized carbons (Fsp3) is 0.361. The molecule has 0 radical (unpaired) electrons. The van der Waals surface area contributed by atoms with Crippen molar-refractivity contribution in [2.75, 3.05) is 26.2 Å². The lowest BCUT2D eigenvalue weighted by Gasteiger charge is -2.49. The highest BCUT2D eigenvalue weighted by Gasteiger charge is 2.49. The molecule has 13 heteroatoms. The maximum absolute atomic E-state index is 14.6. The second kappa shape index (κ2) is 14.4. The fourth-order valence-corrected chi connectivity index (χ4v) is 7.03. The second-order valence-electron chi connectivity index (χ2n) is 12.5. The summed E-state index contributed by atoms with van der Waals surface area (Å²) in [7, 11) is 0. The Morgan fingerprint density at radius 2 is 1.61 bits per heavy atom. The maximum atomic E-state index is 14.6. The predicted molar refractivity (Wildman–Crippen MR) is 175 cm³/mol. The van der Waals surface area contributed by atoms with Gasteiger partial charge in [0, 0.05) is 36.3 Å². The third kappa shape index (κ3) is 7.34. The number of carbonyl (C=O) groups is 3. The number of fused-ring (bicyclic) bond motifs is 2. The van der Waals surface area contributed by atoms with Crippen molar-refractivity contribution in [1.82, 2.24) is 14.7 Å². The highest BCUT2D eigenvalue weighted by atomic mass is 35.5. The molecule has 0 spiro atoms. The van der Waals surface area contributed by atoms with Crippen LogP contribution in [0.15, 0.2) is 66.2 Å². The molecule has 2 bridgehead atoms. The number of rotatable bonds is 11. The zero-order valence-corrected chi connectivity index (χ0v) is 27.2. The summed E-state index contributed by atoms with van der Waals surface area (Å²) in [5.41, 5.74) is 3.43. The van der Waals surface area contributed by atoms with E-state index in [4.69, 9.17) is 16.3 Å². The summed E-state index contributed by atoms with van der Waals surface area (Å²) in [5, 5.41) is 20.7. The van der Waals surface area contributed by atoms with E-state index in [9.17, 15) is 37.8 Å². The molecule has 2 heterocycles. The first-order valence-corrected chi connectivity index (χ1v) is 16.5. The SMILES string of the molecule is O=C(O)N1C[C@H]2CC(c3ccc(CCCOc4c(F)ccc(F)c4F)cc3)=C(C(=O)N(CCc3ccccc3Cl)C3CC3)[C@@H](C1)N2C(=O)O. The molecule has 1 saturated carbocycles. The van der Waals surface area contributed by atoms with Crippen LogP contribution in [0.5, 0.6) is 5.75 Å². The number of aryl methyl sites for hydroxylation is 1. The van der Waals surface area contributed by atoms with Gasteiger partial charge >= 0.3 is 12.2 Å². The van der Waals surface area contributed by atoms with Crippen molar-refractivity contribution in [3.05, 3.63) is 105 Å². The number of carboxylic acid groups (broad SMARTS) is 2. The molecule has 258 valence electrons. The van der Waals surface area contributed by atoms with Crippen LogP contribution in [-0.4, -0.2) is 87.4 Å². The van der Waals surface area contributed by atoms with Crippen molar-refractivity contribution in [2.45, 2.75) is 56.7 Å². The monoisotopic (exact) mass is 697 g/mol. The number of hydrogen-bond donors (Lipinski definition) is 2. The van der Waals surface area contributed by atoms with Crippen LogP contribution < -0.4 is 4.74 Å². The molecular formula is C36H35ClF3N3O6.